The summed E-state index contributed by atoms with van der Waals surface area (Å²) in [4.78, 5) is 0. The maximum Gasteiger partial charge on any atom is 0.189 e. The zero-order valence-electron chi connectivity index (χ0n) is 13.2. The normalized spacial score (nSPS) is 16.5. The number of hydrogen-bond donors (Lipinski definition) is 1. The van der Waals surface area contributed by atoms with Crippen LogP contribution in [-0.2, 0) is 15.4 Å². The summed E-state index contributed by atoms with van der Waals surface area (Å²) in [5, 5.41) is 0. The quantitative estimate of drug-likeness (QED) is 0.731. The Morgan fingerprint density at radius 1 is 1.42 bits per heavy atom. The van der Waals surface area contributed by atoms with Crippen LogP contribution >= 0.6 is 0 Å². The molecule has 1 N–H and O–H groups in total. The average molecular weight is 310 g/mol. The van der Waals surface area contributed by atoms with Gasteiger partial charge in [-0.2, -0.15) is 0 Å². The SMILES string of the molecule is C=C(F)C(C[Si](C)(C)OC(C)C)NS(=O)C(C)(C)C. The fourth-order valence-corrected chi connectivity index (χ4v) is 5.35. The smallest absolute Gasteiger partial charge is 0.189 e. The van der Waals surface area contributed by atoms with Crippen molar-refractivity contribution < 1.29 is 13.0 Å². The van der Waals surface area contributed by atoms with E-state index in [1.807, 2.05) is 47.7 Å². The fraction of sp³-hybridized carbons (Fsp3) is 0.846. The second-order valence-electron chi connectivity index (χ2n) is 6.63. The Bertz CT molecular complexity index is 340. The van der Waals surface area contributed by atoms with Gasteiger partial charge in [-0.1, -0.05) is 6.58 Å². The summed E-state index contributed by atoms with van der Waals surface area (Å²) in [5.41, 5.74) is 0. The molecule has 3 nitrogen and oxygen atoms in total. The van der Waals surface area contributed by atoms with E-state index < -0.39 is 35.9 Å². The summed E-state index contributed by atoms with van der Waals surface area (Å²) in [6, 6.07) is -0.0945. The van der Waals surface area contributed by atoms with Gasteiger partial charge in [0, 0.05) is 6.10 Å². The standard InChI is InChI=1S/C13H28FNO2SSi/c1-10(2)17-19(7,8)9-12(11(3)14)15-18(16)13(4,5)6/h10,12,15H,3,9H2,1-2,4-8H3. The van der Waals surface area contributed by atoms with Gasteiger partial charge in [-0.05, 0) is 53.8 Å². The van der Waals surface area contributed by atoms with Crippen molar-refractivity contribution >= 4 is 19.3 Å². The van der Waals surface area contributed by atoms with Crippen LogP contribution in [-0.4, -0.2) is 29.4 Å². The molecule has 0 radical (unpaired) electrons. The number of nitrogens with one attached hydrogen (secondary N) is 1. The van der Waals surface area contributed by atoms with E-state index in [0.717, 1.165) is 0 Å². The van der Waals surface area contributed by atoms with Gasteiger partial charge in [0.25, 0.3) is 0 Å². The monoisotopic (exact) mass is 309 g/mol. The minimum Gasteiger partial charge on any atom is -0.415 e. The molecule has 2 atom stereocenters. The van der Waals surface area contributed by atoms with Gasteiger partial charge in [-0.15, -0.1) is 0 Å². The van der Waals surface area contributed by atoms with Gasteiger partial charge < -0.3 is 4.43 Å². The molecular weight excluding hydrogens is 281 g/mol. The Balaban J connectivity index is 4.77. The molecule has 0 fully saturated rings. The molecule has 0 saturated carbocycles. The van der Waals surface area contributed by atoms with Crippen LogP contribution in [0.4, 0.5) is 4.39 Å². The summed E-state index contributed by atoms with van der Waals surface area (Å²) in [6.45, 7) is 16.9. The van der Waals surface area contributed by atoms with Crippen LogP contribution in [0.25, 0.3) is 0 Å². The molecular formula is C13H28FNO2SSi. The van der Waals surface area contributed by atoms with Crippen molar-refractivity contribution in [3.05, 3.63) is 12.4 Å². The first-order chi connectivity index (χ1) is 8.35. The first kappa shape index (κ1) is 19.0. The Morgan fingerprint density at radius 3 is 2.21 bits per heavy atom. The second kappa shape index (κ2) is 7.11. The van der Waals surface area contributed by atoms with Gasteiger partial charge in [0.1, 0.15) is 5.83 Å². The van der Waals surface area contributed by atoms with Gasteiger partial charge in [-0.25, -0.2) is 13.3 Å². The van der Waals surface area contributed by atoms with Crippen molar-refractivity contribution in [2.45, 2.75) is 70.6 Å². The fourth-order valence-electron chi connectivity index (χ4n) is 1.70. The van der Waals surface area contributed by atoms with Gasteiger partial charge in [-0.3, -0.25) is 0 Å². The number of rotatable bonds is 7. The summed E-state index contributed by atoms with van der Waals surface area (Å²) in [7, 11) is -3.34. The molecule has 2 unspecified atom stereocenters. The topological polar surface area (TPSA) is 38.3 Å². The molecule has 0 rings (SSSR count). The largest absolute Gasteiger partial charge is 0.415 e. The van der Waals surface area contributed by atoms with Crippen molar-refractivity contribution in [1.82, 2.24) is 4.72 Å². The minimum absolute atomic E-state index is 0.114. The Morgan fingerprint density at radius 2 is 1.89 bits per heavy atom. The van der Waals surface area contributed by atoms with E-state index in [4.69, 9.17) is 4.43 Å². The Hall–Kier alpha value is -0.0431. The zero-order valence-corrected chi connectivity index (χ0v) is 15.0. The lowest BCUT2D eigenvalue weighted by Crippen LogP contribution is -2.46. The molecule has 0 bridgehead atoms. The highest BCUT2D eigenvalue weighted by molar-refractivity contribution is 7.84. The minimum atomic E-state index is -2.02. The lowest BCUT2D eigenvalue weighted by Gasteiger charge is -2.30. The van der Waals surface area contributed by atoms with Crippen LogP contribution in [0.3, 0.4) is 0 Å². The summed E-state index contributed by atoms with van der Waals surface area (Å²) in [6.07, 6.45) is 0.114. The van der Waals surface area contributed by atoms with Crippen molar-refractivity contribution in [2.24, 2.45) is 0 Å². The van der Waals surface area contributed by atoms with E-state index >= 15 is 0 Å². The number of hydrogen-bond acceptors (Lipinski definition) is 2. The summed E-state index contributed by atoms with van der Waals surface area (Å²) < 4.78 is 33.9. The van der Waals surface area contributed by atoms with Crippen LogP contribution in [0.15, 0.2) is 12.4 Å². The molecule has 0 aliphatic heterocycles. The molecule has 114 valence electrons. The molecule has 0 aromatic carbocycles. The third kappa shape index (κ3) is 7.97. The van der Waals surface area contributed by atoms with Gasteiger partial charge in [0.2, 0.25) is 0 Å². The predicted octanol–water partition coefficient (Wildman–Crippen LogP) is 3.52. The molecule has 0 spiro atoms. The lowest BCUT2D eigenvalue weighted by molar-refractivity contribution is 0.229. The van der Waals surface area contributed by atoms with Gasteiger partial charge >= 0.3 is 0 Å². The number of halogens is 1. The van der Waals surface area contributed by atoms with Crippen LogP contribution in [0.2, 0.25) is 19.1 Å². The maximum absolute atomic E-state index is 13.6. The molecule has 0 aromatic heterocycles. The van der Waals surface area contributed by atoms with E-state index in [9.17, 15) is 8.60 Å². The van der Waals surface area contributed by atoms with Crippen LogP contribution in [0.5, 0.6) is 0 Å². The first-order valence-corrected chi connectivity index (χ1v) is 10.8. The van der Waals surface area contributed by atoms with E-state index in [1.165, 1.54) is 0 Å². The van der Waals surface area contributed by atoms with Crippen molar-refractivity contribution in [1.29, 1.82) is 0 Å². The molecule has 0 aliphatic carbocycles. The van der Waals surface area contributed by atoms with Crippen LogP contribution < -0.4 is 4.72 Å². The molecule has 0 aromatic rings. The maximum atomic E-state index is 13.6. The highest BCUT2D eigenvalue weighted by Crippen LogP contribution is 2.22. The summed E-state index contributed by atoms with van der Waals surface area (Å²) >= 11 is 0. The molecule has 6 heteroatoms. The Labute approximate surface area is 120 Å². The van der Waals surface area contributed by atoms with Crippen molar-refractivity contribution in [2.75, 3.05) is 0 Å². The third-order valence-corrected chi connectivity index (χ3v) is 6.55. The van der Waals surface area contributed by atoms with Crippen molar-refractivity contribution in [3.63, 3.8) is 0 Å². The van der Waals surface area contributed by atoms with E-state index in [0.29, 0.717) is 6.04 Å². The van der Waals surface area contributed by atoms with Gasteiger partial charge in [0.15, 0.2) is 8.32 Å². The lowest BCUT2D eigenvalue weighted by atomic mass is 10.3. The average Bonchev–Trinajstić information content (AvgIpc) is 2.11. The molecule has 0 amide bonds. The predicted molar refractivity (Wildman–Crippen MR) is 83.6 cm³/mol. The van der Waals surface area contributed by atoms with Crippen LogP contribution in [0, 0.1) is 0 Å². The highest BCUT2D eigenvalue weighted by Gasteiger charge is 2.32. The third-order valence-electron chi connectivity index (χ3n) is 2.43. The highest BCUT2D eigenvalue weighted by atomic mass is 32.2. The summed E-state index contributed by atoms with van der Waals surface area (Å²) in [5.74, 6) is -0.481. The zero-order chi connectivity index (χ0) is 15.4. The van der Waals surface area contributed by atoms with Crippen LogP contribution in [0.1, 0.15) is 34.6 Å². The molecule has 0 heterocycles. The second-order valence-corrected chi connectivity index (χ2v) is 12.8. The molecule has 19 heavy (non-hydrogen) atoms. The van der Waals surface area contributed by atoms with E-state index in [-0.39, 0.29) is 6.10 Å². The molecule has 0 aliphatic rings. The van der Waals surface area contributed by atoms with E-state index in [1.54, 1.807) is 0 Å². The van der Waals surface area contributed by atoms with E-state index in [2.05, 4.69) is 11.3 Å². The first-order valence-electron chi connectivity index (χ1n) is 6.55. The Kier molecular flexibility index (Phi) is 7.09. The van der Waals surface area contributed by atoms with Crippen molar-refractivity contribution in [3.8, 4) is 0 Å². The van der Waals surface area contributed by atoms with Gasteiger partial charge in [0.05, 0.1) is 21.8 Å². The molecule has 0 saturated heterocycles.